The molecule has 4 aliphatic rings. The monoisotopic (exact) mass is 390 g/mol. The van der Waals surface area contributed by atoms with Crippen LogP contribution in [0.5, 0.6) is 0 Å². The number of fused-ring (bicyclic) bond motifs is 5. The second-order valence-corrected chi connectivity index (χ2v) is 9.86. The maximum absolute atomic E-state index is 14.7. The molecule has 0 bridgehead atoms. The smallest absolute Gasteiger partial charge is 0.295 e. The van der Waals surface area contributed by atoms with Gasteiger partial charge in [0.2, 0.25) is 0 Å². The summed E-state index contributed by atoms with van der Waals surface area (Å²) in [6.45, 7) is 4.09. The van der Waals surface area contributed by atoms with Gasteiger partial charge < -0.3 is 0 Å². The SMILES string of the molecule is C[C@@]12CCC[C@H]1[C@@H]1[C@H](C(F)(F)C(F)(F)F)CC3=CC(=O)CC[C@]3(C)[C@H]1CC2. The van der Waals surface area contributed by atoms with E-state index in [-0.39, 0.29) is 29.5 Å². The molecule has 0 saturated heterocycles. The van der Waals surface area contributed by atoms with Gasteiger partial charge in [-0.05, 0) is 73.2 Å². The normalized spacial score (nSPS) is 45.0. The number of hydrogen-bond donors (Lipinski definition) is 0. The minimum Gasteiger partial charge on any atom is -0.295 e. The Morgan fingerprint density at radius 2 is 1.70 bits per heavy atom. The van der Waals surface area contributed by atoms with Crippen molar-refractivity contribution < 1.29 is 26.7 Å². The van der Waals surface area contributed by atoms with Crippen LogP contribution in [0.4, 0.5) is 22.0 Å². The first kappa shape index (κ1) is 19.4. The van der Waals surface area contributed by atoms with E-state index in [4.69, 9.17) is 0 Å². The number of allylic oxidation sites excluding steroid dienone is 1. The predicted octanol–water partition coefficient (Wildman–Crippen LogP) is 6.33. The zero-order chi connectivity index (χ0) is 19.8. The van der Waals surface area contributed by atoms with Crippen LogP contribution in [-0.2, 0) is 4.79 Å². The summed E-state index contributed by atoms with van der Waals surface area (Å²) in [6.07, 6.45) is 0.625. The highest BCUT2D eigenvalue weighted by Gasteiger charge is 2.70. The van der Waals surface area contributed by atoms with Crippen molar-refractivity contribution in [2.24, 2.45) is 34.5 Å². The van der Waals surface area contributed by atoms with Gasteiger partial charge in [-0.3, -0.25) is 4.79 Å². The van der Waals surface area contributed by atoms with Gasteiger partial charge in [-0.15, -0.1) is 0 Å². The van der Waals surface area contributed by atoms with Crippen LogP contribution in [0.3, 0.4) is 0 Å². The maximum Gasteiger partial charge on any atom is 0.453 e. The van der Waals surface area contributed by atoms with Crippen molar-refractivity contribution in [3.8, 4) is 0 Å². The van der Waals surface area contributed by atoms with Crippen molar-refractivity contribution in [3.63, 3.8) is 0 Å². The average molecular weight is 390 g/mol. The van der Waals surface area contributed by atoms with Gasteiger partial charge in [-0.25, -0.2) is 0 Å². The maximum atomic E-state index is 14.7. The zero-order valence-corrected chi connectivity index (χ0v) is 15.8. The molecule has 0 N–H and O–H groups in total. The topological polar surface area (TPSA) is 17.1 Å². The zero-order valence-electron chi connectivity index (χ0n) is 15.8. The Kier molecular flexibility index (Phi) is 4.16. The van der Waals surface area contributed by atoms with E-state index in [1.165, 1.54) is 6.08 Å². The van der Waals surface area contributed by atoms with Crippen molar-refractivity contribution >= 4 is 5.78 Å². The first-order chi connectivity index (χ1) is 12.4. The second kappa shape index (κ2) is 5.79. The second-order valence-electron chi connectivity index (χ2n) is 9.86. The number of carbonyl (C=O) groups excluding carboxylic acids is 1. The molecular formula is C21H27F5O. The highest BCUT2D eigenvalue weighted by molar-refractivity contribution is 5.91. The molecule has 0 spiro atoms. The fourth-order valence-corrected chi connectivity index (χ4v) is 7.13. The number of hydrogen-bond acceptors (Lipinski definition) is 1. The quantitative estimate of drug-likeness (QED) is 0.478. The molecule has 0 heterocycles. The molecule has 0 aromatic rings. The van der Waals surface area contributed by atoms with Crippen molar-refractivity contribution in [1.82, 2.24) is 0 Å². The first-order valence-electron chi connectivity index (χ1n) is 10.1. The van der Waals surface area contributed by atoms with Gasteiger partial charge in [0, 0.05) is 12.3 Å². The lowest BCUT2D eigenvalue weighted by molar-refractivity contribution is -0.319. The molecule has 0 aliphatic heterocycles. The van der Waals surface area contributed by atoms with Gasteiger partial charge >= 0.3 is 12.1 Å². The van der Waals surface area contributed by atoms with Gasteiger partial charge in [0.05, 0.1) is 0 Å². The molecule has 3 saturated carbocycles. The molecule has 4 aliphatic carbocycles. The molecule has 0 unspecified atom stereocenters. The average Bonchev–Trinajstić information content (AvgIpc) is 2.95. The third-order valence-corrected chi connectivity index (χ3v) is 8.64. The molecule has 1 nitrogen and oxygen atoms in total. The lowest BCUT2D eigenvalue weighted by Gasteiger charge is -2.60. The Hall–Kier alpha value is -0.940. The van der Waals surface area contributed by atoms with Crippen LogP contribution >= 0.6 is 0 Å². The van der Waals surface area contributed by atoms with E-state index in [1.807, 2.05) is 6.92 Å². The molecule has 0 amide bonds. The van der Waals surface area contributed by atoms with Crippen LogP contribution in [0.2, 0.25) is 0 Å². The Morgan fingerprint density at radius 1 is 1.00 bits per heavy atom. The first-order valence-corrected chi connectivity index (χ1v) is 10.1. The molecule has 27 heavy (non-hydrogen) atoms. The van der Waals surface area contributed by atoms with Crippen molar-refractivity contribution in [3.05, 3.63) is 11.6 Å². The number of carbonyl (C=O) groups is 1. The Balaban J connectivity index is 1.84. The highest BCUT2D eigenvalue weighted by Crippen LogP contribution is 2.69. The summed E-state index contributed by atoms with van der Waals surface area (Å²) in [5.41, 5.74) is -0.000340. The standard InChI is InChI=1S/C21H27F5O/c1-18-7-3-4-14(18)17-15(6-8-18)19(2)9-5-13(27)10-12(19)11-16(17)20(22,23)21(24,25)26/h10,14-17H,3-9,11H2,1-2H3/t14-,15-,16+,17-,18-,19-/m0/s1. The van der Waals surface area contributed by atoms with E-state index in [0.717, 1.165) is 25.7 Å². The molecule has 0 aromatic heterocycles. The summed E-state index contributed by atoms with van der Waals surface area (Å²) in [4.78, 5) is 11.9. The fourth-order valence-electron chi connectivity index (χ4n) is 7.13. The highest BCUT2D eigenvalue weighted by atomic mass is 19.4. The molecule has 0 aromatic carbocycles. The number of alkyl halides is 5. The summed E-state index contributed by atoms with van der Waals surface area (Å²) in [5.74, 6) is -7.52. The fraction of sp³-hybridized carbons (Fsp3) is 0.857. The van der Waals surface area contributed by atoms with E-state index < -0.39 is 29.3 Å². The number of ketones is 1. The molecule has 6 atom stereocenters. The number of halogens is 5. The third kappa shape index (κ3) is 2.64. The van der Waals surface area contributed by atoms with Crippen molar-refractivity contribution in [2.45, 2.75) is 77.3 Å². The van der Waals surface area contributed by atoms with Crippen LogP contribution in [0, 0.1) is 34.5 Å². The van der Waals surface area contributed by atoms with Gasteiger partial charge in [0.1, 0.15) is 0 Å². The predicted molar refractivity (Wildman–Crippen MR) is 91.2 cm³/mol. The Bertz CT molecular complexity index is 681. The van der Waals surface area contributed by atoms with E-state index in [9.17, 15) is 26.7 Å². The van der Waals surface area contributed by atoms with Crippen LogP contribution in [0.1, 0.15) is 65.2 Å². The van der Waals surface area contributed by atoms with Crippen LogP contribution in [-0.4, -0.2) is 17.9 Å². The summed E-state index contributed by atoms with van der Waals surface area (Å²) in [6, 6.07) is 0. The summed E-state index contributed by atoms with van der Waals surface area (Å²) in [7, 11) is 0. The molecular weight excluding hydrogens is 363 g/mol. The molecule has 4 rings (SSSR count). The van der Waals surface area contributed by atoms with Crippen molar-refractivity contribution in [2.75, 3.05) is 0 Å². The summed E-state index contributed by atoms with van der Waals surface area (Å²) >= 11 is 0. The van der Waals surface area contributed by atoms with Gasteiger partial charge in [0.15, 0.2) is 5.78 Å². The Labute approximate surface area is 156 Å². The molecule has 6 heteroatoms. The minimum atomic E-state index is -5.55. The van der Waals surface area contributed by atoms with E-state index >= 15 is 0 Å². The molecule has 0 radical (unpaired) electrons. The largest absolute Gasteiger partial charge is 0.453 e. The van der Waals surface area contributed by atoms with E-state index in [1.54, 1.807) is 0 Å². The minimum absolute atomic E-state index is 0.0783. The summed E-state index contributed by atoms with van der Waals surface area (Å²) in [5, 5.41) is 0. The van der Waals surface area contributed by atoms with Crippen LogP contribution in [0.25, 0.3) is 0 Å². The third-order valence-electron chi connectivity index (χ3n) is 8.64. The Morgan fingerprint density at radius 3 is 2.37 bits per heavy atom. The van der Waals surface area contributed by atoms with E-state index in [0.29, 0.717) is 24.8 Å². The lowest BCUT2D eigenvalue weighted by Crippen LogP contribution is -2.59. The summed E-state index contributed by atoms with van der Waals surface area (Å²) < 4.78 is 69.6. The van der Waals surface area contributed by atoms with Gasteiger partial charge in [0.25, 0.3) is 0 Å². The van der Waals surface area contributed by atoms with Crippen molar-refractivity contribution in [1.29, 1.82) is 0 Å². The van der Waals surface area contributed by atoms with Gasteiger partial charge in [-0.1, -0.05) is 25.8 Å². The molecule has 152 valence electrons. The number of rotatable bonds is 1. The lowest BCUT2D eigenvalue weighted by atomic mass is 9.44. The van der Waals surface area contributed by atoms with Gasteiger partial charge in [-0.2, -0.15) is 22.0 Å². The van der Waals surface area contributed by atoms with E-state index in [2.05, 4.69) is 6.92 Å². The van der Waals surface area contributed by atoms with Crippen LogP contribution < -0.4 is 0 Å². The van der Waals surface area contributed by atoms with Crippen LogP contribution in [0.15, 0.2) is 11.6 Å². The molecule has 3 fully saturated rings.